The number of aliphatic hydroxyl groups is 1. The third-order valence-electron chi connectivity index (χ3n) is 4.02. The van der Waals surface area contributed by atoms with Crippen LogP contribution >= 0.6 is 11.8 Å². The van der Waals surface area contributed by atoms with Crippen LogP contribution in [0.3, 0.4) is 0 Å². The van der Waals surface area contributed by atoms with Crippen LogP contribution in [0, 0.1) is 0 Å². The molecule has 22 heavy (non-hydrogen) atoms. The summed E-state index contributed by atoms with van der Waals surface area (Å²) in [5.41, 5.74) is 1.21. The highest BCUT2D eigenvalue weighted by atomic mass is 32.2. The van der Waals surface area contributed by atoms with E-state index in [9.17, 15) is 5.11 Å². The van der Waals surface area contributed by atoms with Gasteiger partial charge >= 0.3 is 0 Å². The van der Waals surface area contributed by atoms with Crippen molar-refractivity contribution < 1.29 is 9.84 Å². The Hall–Kier alpha value is -1.49. The third-order valence-corrected chi connectivity index (χ3v) is 5.31. The van der Waals surface area contributed by atoms with Gasteiger partial charge in [-0.1, -0.05) is 30.3 Å². The maximum Gasteiger partial charge on any atom is 0.118 e. The topological polar surface area (TPSA) is 41.5 Å². The number of hydrogen-bond acceptors (Lipinski definition) is 4. The highest BCUT2D eigenvalue weighted by Gasteiger charge is 2.34. The van der Waals surface area contributed by atoms with E-state index >= 15 is 0 Å². The van der Waals surface area contributed by atoms with E-state index in [1.165, 1.54) is 10.5 Å². The van der Waals surface area contributed by atoms with Crippen LogP contribution in [-0.4, -0.2) is 36.2 Å². The molecule has 0 spiro atoms. The number of methoxy groups -OCH3 is 1. The normalized spacial score (nSPS) is 24.4. The first kappa shape index (κ1) is 15.4. The van der Waals surface area contributed by atoms with Crippen LogP contribution in [0.2, 0.25) is 0 Å². The van der Waals surface area contributed by atoms with Crippen LogP contribution in [0.25, 0.3) is 0 Å². The number of aliphatic hydroxyl groups excluding tert-OH is 1. The second kappa shape index (κ2) is 7.18. The quantitative estimate of drug-likeness (QED) is 0.890. The Balaban J connectivity index is 1.59. The summed E-state index contributed by atoms with van der Waals surface area (Å²) in [5, 5.41) is 14.2. The molecule has 1 fully saturated rings. The minimum Gasteiger partial charge on any atom is -0.497 e. The molecule has 1 aliphatic rings. The van der Waals surface area contributed by atoms with Gasteiger partial charge < -0.3 is 15.2 Å². The fraction of sp³-hybridized carbons (Fsp3) is 0.333. The molecule has 0 unspecified atom stereocenters. The Morgan fingerprint density at radius 3 is 2.55 bits per heavy atom. The van der Waals surface area contributed by atoms with E-state index in [0.717, 1.165) is 18.7 Å². The van der Waals surface area contributed by atoms with Crippen molar-refractivity contribution in [1.29, 1.82) is 0 Å². The van der Waals surface area contributed by atoms with Crippen molar-refractivity contribution in [1.82, 2.24) is 5.32 Å². The number of hydrogen-bond donors (Lipinski definition) is 2. The number of nitrogens with one attached hydrogen (secondary N) is 1. The molecule has 3 rings (SSSR count). The Kier molecular flexibility index (Phi) is 5.03. The lowest BCUT2D eigenvalue weighted by atomic mass is 10.0. The Bertz CT molecular complexity index is 588. The third kappa shape index (κ3) is 3.64. The van der Waals surface area contributed by atoms with Gasteiger partial charge in [0.25, 0.3) is 0 Å². The van der Waals surface area contributed by atoms with Gasteiger partial charge in [0.05, 0.1) is 13.2 Å². The van der Waals surface area contributed by atoms with E-state index in [4.69, 9.17) is 4.74 Å². The summed E-state index contributed by atoms with van der Waals surface area (Å²) < 4.78 is 5.18. The second-order valence-corrected chi connectivity index (χ2v) is 6.84. The second-order valence-electron chi connectivity index (χ2n) is 5.53. The van der Waals surface area contributed by atoms with Gasteiger partial charge in [-0.05, 0) is 36.2 Å². The van der Waals surface area contributed by atoms with Crippen molar-refractivity contribution in [2.24, 2.45) is 0 Å². The summed E-state index contributed by atoms with van der Waals surface area (Å²) in [6, 6.07) is 18.4. The molecule has 3 nitrogen and oxygen atoms in total. The van der Waals surface area contributed by atoms with Crippen LogP contribution in [0.15, 0.2) is 59.5 Å². The van der Waals surface area contributed by atoms with Crippen molar-refractivity contribution in [2.75, 3.05) is 13.7 Å². The maximum atomic E-state index is 10.6. The van der Waals surface area contributed by atoms with Crippen molar-refractivity contribution in [3.8, 4) is 5.75 Å². The average Bonchev–Trinajstić information content (AvgIpc) is 2.90. The molecular formula is C18H21NO2S. The standard InChI is InChI=1S/C18H21NO2S/c1-21-14-9-7-13(8-10-14)11-16-18(20)17(12-19-16)22-15-5-3-2-4-6-15/h2-10,16-20H,11-12H2,1H3/t16-,17+,18+/m1/s1. The number of thioether (sulfide) groups is 1. The number of ether oxygens (including phenoxy) is 1. The van der Waals surface area contributed by atoms with E-state index < -0.39 is 0 Å². The van der Waals surface area contributed by atoms with Gasteiger partial charge in [0.1, 0.15) is 5.75 Å². The van der Waals surface area contributed by atoms with E-state index in [1.807, 2.05) is 30.3 Å². The van der Waals surface area contributed by atoms with Gasteiger partial charge in [0.15, 0.2) is 0 Å². The van der Waals surface area contributed by atoms with Crippen LogP contribution < -0.4 is 10.1 Å². The van der Waals surface area contributed by atoms with Crippen LogP contribution in [0.1, 0.15) is 5.56 Å². The number of rotatable bonds is 5. The van der Waals surface area contributed by atoms with Crippen LogP contribution in [0.5, 0.6) is 5.75 Å². The minimum atomic E-state index is -0.340. The summed E-state index contributed by atoms with van der Waals surface area (Å²) in [6.45, 7) is 0.835. The molecule has 2 N–H and O–H groups in total. The molecule has 0 radical (unpaired) electrons. The molecular weight excluding hydrogens is 294 g/mol. The zero-order valence-electron chi connectivity index (χ0n) is 12.6. The first-order chi connectivity index (χ1) is 10.8. The molecule has 116 valence electrons. The maximum absolute atomic E-state index is 10.6. The summed E-state index contributed by atoms with van der Waals surface area (Å²) in [4.78, 5) is 1.21. The Labute approximate surface area is 135 Å². The van der Waals surface area contributed by atoms with Gasteiger partial charge in [-0.15, -0.1) is 11.8 Å². The smallest absolute Gasteiger partial charge is 0.118 e. The molecule has 0 bridgehead atoms. The van der Waals surface area contributed by atoms with Crippen molar-refractivity contribution in [3.05, 3.63) is 60.2 Å². The number of benzene rings is 2. The molecule has 0 saturated carbocycles. The fourth-order valence-corrected chi connectivity index (χ4v) is 3.93. The molecule has 2 aromatic rings. The molecule has 1 heterocycles. The van der Waals surface area contributed by atoms with Gasteiger partial charge in [-0.2, -0.15) is 0 Å². The zero-order valence-corrected chi connectivity index (χ0v) is 13.4. The van der Waals surface area contributed by atoms with Gasteiger partial charge in [-0.25, -0.2) is 0 Å². The zero-order chi connectivity index (χ0) is 15.4. The largest absolute Gasteiger partial charge is 0.497 e. The lowest BCUT2D eigenvalue weighted by molar-refractivity contribution is 0.163. The van der Waals surface area contributed by atoms with Gasteiger partial charge in [0, 0.05) is 22.7 Å². The molecule has 1 aliphatic heterocycles. The van der Waals surface area contributed by atoms with E-state index in [-0.39, 0.29) is 17.4 Å². The molecule has 0 aromatic heterocycles. The molecule has 0 amide bonds. The fourth-order valence-electron chi connectivity index (χ4n) is 2.76. The summed E-state index contributed by atoms with van der Waals surface area (Å²) in [5.74, 6) is 0.862. The molecule has 1 saturated heterocycles. The van der Waals surface area contributed by atoms with Crippen molar-refractivity contribution >= 4 is 11.8 Å². The van der Waals surface area contributed by atoms with Gasteiger partial charge in [0.2, 0.25) is 0 Å². The summed E-state index contributed by atoms with van der Waals surface area (Å²) >= 11 is 1.75. The lowest BCUT2D eigenvalue weighted by Crippen LogP contribution is -2.34. The Morgan fingerprint density at radius 2 is 1.86 bits per heavy atom. The summed E-state index contributed by atoms with van der Waals surface area (Å²) in [6.07, 6.45) is 0.490. The lowest BCUT2D eigenvalue weighted by Gasteiger charge is -2.18. The van der Waals surface area contributed by atoms with E-state index in [1.54, 1.807) is 18.9 Å². The Morgan fingerprint density at radius 1 is 1.14 bits per heavy atom. The van der Waals surface area contributed by atoms with Crippen molar-refractivity contribution in [3.63, 3.8) is 0 Å². The highest BCUT2D eigenvalue weighted by molar-refractivity contribution is 8.00. The van der Waals surface area contributed by atoms with Crippen molar-refractivity contribution in [2.45, 2.75) is 28.7 Å². The molecule has 4 heteroatoms. The monoisotopic (exact) mass is 315 g/mol. The van der Waals surface area contributed by atoms with Gasteiger partial charge in [-0.3, -0.25) is 0 Å². The summed E-state index contributed by atoms with van der Waals surface area (Å²) in [7, 11) is 1.67. The average molecular weight is 315 g/mol. The van der Waals surface area contributed by atoms with E-state index in [2.05, 4.69) is 29.6 Å². The van der Waals surface area contributed by atoms with E-state index in [0.29, 0.717) is 0 Å². The minimum absolute atomic E-state index is 0.106. The first-order valence-electron chi connectivity index (χ1n) is 7.52. The predicted molar refractivity (Wildman–Crippen MR) is 90.6 cm³/mol. The first-order valence-corrected chi connectivity index (χ1v) is 8.40. The molecule has 3 atom stereocenters. The van der Waals surface area contributed by atoms with Crippen LogP contribution in [-0.2, 0) is 6.42 Å². The predicted octanol–water partition coefficient (Wildman–Crippen LogP) is 2.73. The van der Waals surface area contributed by atoms with Crippen LogP contribution in [0.4, 0.5) is 0 Å². The molecule has 2 aromatic carbocycles. The molecule has 0 aliphatic carbocycles. The SMILES string of the molecule is COc1ccc(C[C@H]2NC[C@H](Sc3ccccc3)[C@H]2O)cc1. The highest BCUT2D eigenvalue weighted by Crippen LogP contribution is 2.30.